The van der Waals surface area contributed by atoms with Gasteiger partial charge in [0.15, 0.2) is 0 Å². The van der Waals surface area contributed by atoms with Crippen LogP contribution in [0.2, 0.25) is 10.0 Å². The minimum absolute atomic E-state index is 0.194. The molecule has 0 atom stereocenters. The fraction of sp³-hybridized carbons (Fsp3) is 0.526. The predicted molar refractivity (Wildman–Crippen MR) is 109 cm³/mol. The number of hydrogen-bond acceptors (Lipinski definition) is 3. The third-order valence-electron chi connectivity index (χ3n) is 4.61. The Kier molecular flexibility index (Phi) is 7.93. The molecule has 1 aliphatic rings. The molecule has 1 amide bonds. The van der Waals surface area contributed by atoms with E-state index >= 15 is 0 Å². The van der Waals surface area contributed by atoms with Crippen molar-refractivity contribution in [2.45, 2.75) is 52.6 Å². The van der Waals surface area contributed by atoms with Gasteiger partial charge in [0.1, 0.15) is 10.9 Å². The van der Waals surface area contributed by atoms with Gasteiger partial charge in [0.25, 0.3) is 0 Å². The number of halogens is 3. The maximum absolute atomic E-state index is 11.3. The minimum Gasteiger partial charge on any atom is -0.489 e. The fourth-order valence-corrected chi connectivity index (χ4v) is 4.02. The number of hydrazine groups is 1. The van der Waals surface area contributed by atoms with Crippen molar-refractivity contribution in [3.05, 3.63) is 32.9 Å². The molecule has 1 fully saturated rings. The molecule has 2 rings (SSSR count). The van der Waals surface area contributed by atoms with Crippen molar-refractivity contribution in [2.24, 2.45) is 0 Å². The van der Waals surface area contributed by atoms with Gasteiger partial charge in [-0.2, -0.15) is 0 Å². The summed E-state index contributed by atoms with van der Waals surface area (Å²) < 4.78 is 6.07. The van der Waals surface area contributed by atoms with Crippen LogP contribution in [0.1, 0.15) is 52.0 Å². The number of carbonyl (C=O) groups is 1. The Morgan fingerprint density at radius 1 is 1.19 bits per heavy atom. The molecule has 1 aromatic carbocycles. The van der Waals surface area contributed by atoms with Crippen LogP contribution < -0.4 is 4.74 Å². The summed E-state index contributed by atoms with van der Waals surface area (Å²) in [6.07, 6.45) is 5.39. The summed E-state index contributed by atoms with van der Waals surface area (Å²) in [5.41, 5.74) is 1.50. The second kappa shape index (κ2) is 9.72. The van der Waals surface area contributed by atoms with Gasteiger partial charge >= 0.3 is 0 Å². The molecule has 0 aliphatic heterocycles. The van der Waals surface area contributed by atoms with Crippen molar-refractivity contribution in [3.63, 3.8) is 0 Å². The molecular formula is C19H25Cl3N2O2. The van der Waals surface area contributed by atoms with Crippen LogP contribution in [-0.2, 0) is 4.79 Å². The maximum atomic E-state index is 11.3. The van der Waals surface area contributed by atoms with Gasteiger partial charge in [0.2, 0.25) is 6.41 Å². The van der Waals surface area contributed by atoms with Crippen LogP contribution in [0.4, 0.5) is 0 Å². The normalized spacial score (nSPS) is 15.6. The lowest BCUT2D eigenvalue weighted by atomic mass is 10.1. The lowest BCUT2D eigenvalue weighted by Gasteiger charge is -2.32. The highest BCUT2D eigenvalue weighted by molar-refractivity contribution is 6.37. The van der Waals surface area contributed by atoms with Crippen LogP contribution in [0, 0.1) is 0 Å². The lowest BCUT2D eigenvalue weighted by molar-refractivity contribution is -0.129. The van der Waals surface area contributed by atoms with Gasteiger partial charge in [-0.15, -0.1) is 0 Å². The van der Waals surface area contributed by atoms with Crippen LogP contribution in [0.15, 0.2) is 17.3 Å². The second-order valence-electron chi connectivity index (χ2n) is 6.28. The zero-order valence-electron chi connectivity index (χ0n) is 15.4. The summed E-state index contributed by atoms with van der Waals surface area (Å²) in [6, 6.07) is 3.52. The molecule has 144 valence electrons. The highest BCUT2D eigenvalue weighted by Crippen LogP contribution is 2.38. The summed E-state index contributed by atoms with van der Waals surface area (Å²) in [5, 5.41) is 4.66. The largest absolute Gasteiger partial charge is 0.489 e. The molecule has 0 unspecified atom stereocenters. The Labute approximate surface area is 170 Å². The monoisotopic (exact) mass is 418 g/mol. The summed E-state index contributed by atoms with van der Waals surface area (Å²) >= 11 is 19.3. The molecule has 0 bridgehead atoms. The van der Waals surface area contributed by atoms with E-state index in [1.165, 1.54) is 17.9 Å². The van der Waals surface area contributed by atoms with Crippen molar-refractivity contribution < 1.29 is 9.53 Å². The summed E-state index contributed by atoms with van der Waals surface area (Å²) in [6.45, 7) is 6.77. The number of rotatable bonds is 8. The number of benzene rings is 1. The molecule has 0 spiro atoms. The van der Waals surface area contributed by atoms with Crippen LogP contribution in [0.25, 0.3) is 5.57 Å². The molecule has 0 aromatic heterocycles. The zero-order chi connectivity index (χ0) is 19.3. The Morgan fingerprint density at radius 2 is 1.85 bits per heavy atom. The first-order valence-corrected chi connectivity index (χ1v) is 10.1. The highest BCUT2D eigenvalue weighted by atomic mass is 35.5. The van der Waals surface area contributed by atoms with E-state index in [9.17, 15) is 4.79 Å². The lowest BCUT2D eigenvalue weighted by Crippen LogP contribution is -2.40. The first-order chi connectivity index (χ1) is 12.4. The van der Waals surface area contributed by atoms with Gasteiger partial charge in [-0.3, -0.25) is 14.8 Å². The third-order valence-corrected chi connectivity index (χ3v) is 5.70. The molecule has 4 nitrogen and oxygen atoms in total. The molecule has 26 heavy (non-hydrogen) atoms. The SMILES string of the molecule is CCN(C=O)N(CC)/C(Cl)=C(\C)c1cc(OC2CCCC2)c(Cl)cc1Cl. The van der Waals surface area contributed by atoms with Gasteiger partial charge in [-0.1, -0.05) is 34.8 Å². The predicted octanol–water partition coefficient (Wildman–Crippen LogP) is 5.96. The van der Waals surface area contributed by atoms with Gasteiger partial charge in [0.05, 0.1) is 11.1 Å². The smallest absolute Gasteiger partial charge is 0.228 e. The molecule has 0 N–H and O–H groups in total. The molecule has 0 heterocycles. The average molecular weight is 420 g/mol. The first kappa shape index (κ1) is 21.2. The van der Waals surface area contributed by atoms with Gasteiger partial charge in [-0.25, -0.2) is 0 Å². The number of ether oxygens (including phenoxy) is 1. The summed E-state index contributed by atoms with van der Waals surface area (Å²) in [7, 11) is 0. The second-order valence-corrected chi connectivity index (χ2v) is 7.45. The summed E-state index contributed by atoms with van der Waals surface area (Å²) in [5.74, 6) is 0.618. The Balaban J connectivity index is 2.39. The van der Waals surface area contributed by atoms with Crippen LogP contribution in [-0.4, -0.2) is 35.6 Å². The minimum atomic E-state index is 0.194. The Hall–Kier alpha value is -1.10. The third kappa shape index (κ3) is 4.79. The van der Waals surface area contributed by atoms with Gasteiger partial charge < -0.3 is 4.74 Å². The maximum Gasteiger partial charge on any atom is 0.228 e. The van der Waals surface area contributed by atoms with E-state index in [0.29, 0.717) is 34.0 Å². The van der Waals surface area contributed by atoms with Crippen LogP contribution >= 0.6 is 34.8 Å². The number of hydrogen-bond donors (Lipinski definition) is 0. The summed E-state index contributed by atoms with van der Waals surface area (Å²) in [4.78, 5) is 11.3. The number of allylic oxidation sites excluding steroid dienone is 1. The quantitative estimate of drug-likeness (QED) is 0.296. The first-order valence-electron chi connectivity index (χ1n) is 8.94. The fourth-order valence-electron chi connectivity index (χ4n) is 3.13. The van der Waals surface area contributed by atoms with Gasteiger partial charge in [0, 0.05) is 23.7 Å². The Bertz CT molecular complexity index is 673. The van der Waals surface area contributed by atoms with E-state index in [1.807, 2.05) is 26.8 Å². The molecule has 7 heteroatoms. The molecule has 1 aromatic rings. The van der Waals surface area contributed by atoms with E-state index in [-0.39, 0.29) is 6.10 Å². The van der Waals surface area contributed by atoms with E-state index < -0.39 is 0 Å². The zero-order valence-corrected chi connectivity index (χ0v) is 17.7. The van der Waals surface area contributed by atoms with E-state index in [0.717, 1.165) is 30.4 Å². The van der Waals surface area contributed by atoms with E-state index in [4.69, 9.17) is 39.5 Å². The van der Waals surface area contributed by atoms with E-state index in [1.54, 1.807) is 11.1 Å². The van der Waals surface area contributed by atoms with Crippen molar-refractivity contribution in [1.29, 1.82) is 0 Å². The van der Waals surface area contributed by atoms with E-state index in [2.05, 4.69) is 0 Å². The number of nitrogens with zero attached hydrogens (tertiary/aromatic N) is 2. The van der Waals surface area contributed by atoms with Crippen molar-refractivity contribution >= 4 is 46.8 Å². The molecule has 0 radical (unpaired) electrons. The molecule has 0 saturated heterocycles. The molecular weight excluding hydrogens is 395 g/mol. The topological polar surface area (TPSA) is 32.8 Å². The average Bonchev–Trinajstić information content (AvgIpc) is 3.13. The standard InChI is InChI=1S/C19H25Cl3N2O2/c1-4-23(12-25)24(5-2)19(22)13(3)15-10-18(17(21)11-16(15)20)26-14-8-6-7-9-14/h10-12,14H,4-9H2,1-3H3/b19-13+. The number of carbonyl (C=O) groups excluding carboxylic acids is 1. The highest BCUT2D eigenvalue weighted by Gasteiger charge is 2.21. The van der Waals surface area contributed by atoms with Crippen molar-refractivity contribution in [1.82, 2.24) is 10.0 Å². The van der Waals surface area contributed by atoms with Gasteiger partial charge in [-0.05, 0) is 64.2 Å². The molecule has 1 saturated carbocycles. The number of amides is 1. The van der Waals surface area contributed by atoms with Crippen molar-refractivity contribution in [3.8, 4) is 5.75 Å². The Morgan fingerprint density at radius 3 is 2.38 bits per heavy atom. The molecule has 1 aliphatic carbocycles. The van der Waals surface area contributed by atoms with Crippen LogP contribution in [0.5, 0.6) is 5.75 Å². The van der Waals surface area contributed by atoms with Crippen molar-refractivity contribution in [2.75, 3.05) is 13.1 Å². The van der Waals surface area contributed by atoms with Crippen LogP contribution in [0.3, 0.4) is 0 Å².